The molecule has 3 aromatic carbocycles. The number of nitrogens with one attached hydrogen (secondary N) is 1. The van der Waals surface area contributed by atoms with Gasteiger partial charge in [0.05, 0.1) is 18.6 Å². The summed E-state index contributed by atoms with van der Waals surface area (Å²) in [4.78, 5) is 29.7. The SMILES string of the molecule is CCOc1ccc(N(CC(=O)N(Cc2ccccc2Cl)[C@H](Cc2ccccc2)C(=O)NC2CCCCC2)S(C)(=O)=O)cc1. The van der Waals surface area contributed by atoms with E-state index in [0.717, 1.165) is 48.2 Å². The third-order valence-corrected chi connectivity index (χ3v) is 9.15. The lowest BCUT2D eigenvalue weighted by molar-refractivity contribution is -0.140. The molecule has 0 spiro atoms. The normalized spacial score (nSPS) is 14.5. The van der Waals surface area contributed by atoms with Gasteiger partial charge in [-0.3, -0.25) is 13.9 Å². The first kappa shape index (κ1) is 32.4. The van der Waals surface area contributed by atoms with Crippen molar-refractivity contribution in [3.8, 4) is 5.75 Å². The van der Waals surface area contributed by atoms with Gasteiger partial charge in [-0.05, 0) is 61.2 Å². The fourth-order valence-corrected chi connectivity index (χ4v) is 6.44. The summed E-state index contributed by atoms with van der Waals surface area (Å²) in [6, 6.07) is 22.4. The van der Waals surface area contributed by atoms with Crippen LogP contribution >= 0.6 is 11.6 Å². The summed E-state index contributed by atoms with van der Waals surface area (Å²) >= 11 is 6.53. The van der Waals surface area contributed by atoms with Crippen LogP contribution < -0.4 is 14.4 Å². The zero-order chi connectivity index (χ0) is 30.8. The van der Waals surface area contributed by atoms with Gasteiger partial charge in [-0.1, -0.05) is 79.4 Å². The molecule has 8 nitrogen and oxygen atoms in total. The second kappa shape index (κ2) is 15.3. The molecule has 0 radical (unpaired) electrons. The number of rotatable bonds is 13. The van der Waals surface area contributed by atoms with Crippen molar-refractivity contribution in [3.63, 3.8) is 0 Å². The van der Waals surface area contributed by atoms with Crippen molar-refractivity contribution in [2.24, 2.45) is 0 Å². The van der Waals surface area contributed by atoms with E-state index in [2.05, 4.69) is 5.32 Å². The number of hydrogen-bond acceptors (Lipinski definition) is 5. The zero-order valence-electron chi connectivity index (χ0n) is 24.7. The first-order valence-electron chi connectivity index (χ1n) is 14.7. The number of ether oxygens (including phenoxy) is 1. The van der Waals surface area contributed by atoms with E-state index in [-0.39, 0.29) is 24.9 Å². The van der Waals surface area contributed by atoms with Crippen LogP contribution in [-0.4, -0.2) is 56.6 Å². The highest BCUT2D eigenvalue weighted by atomic mass is 35.5. The number of nitrogens with zero attached hydrogens (tertiary/aromatic N) is 2. The second-order valence-corrected chi connectivity index (χ2v) is 13.2. The first-order valence-corrected chi connectivity index (χ1v) is 17.0. The second-order valence-electron chi connectivity index (χ2n) is 10.9. The molecule has 1 saturated carbocycles. The maximum Gasteiger partial charge on any atom is 0.244 e. The van der Waals surface area contributed by atoms with Crippen LogP contribution in [0.3, 0.4) is 0 Å². The van der Waals surface area contributed by atoms with Crippen LogP contribution in [-0.2, 0) is 32.6 Å². The van der Waals surface area contributed by atoms with E-state index in [4.69, 9.17) is 16.3 Å². The highest BCUT2D eigenvalue weighted by Crippen LogP contribution is 2.25. The highest BCUT2D eigenvalue weighted by Gasteiger charge is 2.34. The van der Waals surface area contributed by atoms with Gasteiger partial charge in [-0.2, -0.15) is 0 Å². The fraction of sp³-hybridized carbons (Fsp3) is 0.394. The van der Waals surface area contributed by atoms with Gasteiger partial charge < -0.3 is 15.0 Å². The fourth-order valence-electron chi connectivity index (χ4n) is 5.40. The molecule has 230 valence electrons. The average Bonchev–Trinajstić information content (AvgIpc) is 2.99. The van der Waals surface area contributed by atoms with Crippen LogP contribution in [0.1, 0.15) is 50.2 Å². The molecule has 1 N–H and O–H groups in total. The number of amides is 2. The summed E-state index contributed by atoms with van der Waals surface area (Å²) in [5, 5.41) is 3.65. The summed E-state index contributed by atoms with van der Waals surface area (Å²) in [6.07, 6.45) is 6.33. The molecule has 1 aliphatic rings. The van der Waals surface area contributed by atoms with Gasteiger partial charge in [0, 0.05) is 24.0 Å². The van der Waals surface area contributed by atoms with Crippen molar-refractivity contribution in [2.45, 2.75) is 64.1 Å². The smallest absolute Gasteiger partial charge is 0.244 e. The number of carbonyl (C=O) groups excluding carboxylic acids is 2. The van der Waals surface area contributed by atoms with Crippen LogP contribution in [0.25, 0.3) is 0 Å². The van der Waals surface area contributed by atoms with E-state index in [1.54, 1.807) is 36.4 Å². The molecule has 3 aromatic rings. The molecule has 1 atom stereocenters. The third kappa shape index (κ3) is 9.21. The monoisotopic (exact) mass is 625 g/mol. The number of halogens is 1. The Balaban J connectivity index is 1.71. The molecule has 2 amide bonds. The number of hydrogen-bond donors (Lipinski definition) is 1. The number of anilines is 1. The van der Waals surface area contributed by atoms with E-state index in [1.807, 2.05) is 49.4 Å². The molecule has 0 aliphatic heterocycles. The summed E-state index contributed by atoms with van der Waals surface area (Å²) in [5.41, 5.74) is 1.87. The topological polar surface area (TPSA) is 96.0 Å². The minimum absolute atomic E-state index is 0.0353. The molecular weight excluding hydrogens is 586 g/mol. The molecular formula is C33H40ClN3O5S. The average molecular weight is 626 g/mol. The zero-order valence-corrected chi connectivity index (χ0v) is 26.3. The molecule has 4 rings (SSSR count). The third-order valence-electron chi connectivity index (χ3n) is 7.64. The van der Waals surface area contributed by atoms with E-state index < -0.39 is 28.5 Å². The number of benzene rings is 3. The Hall–Kier alpha value is -3.56. The van der Waals surface area contributed by atoms with Crippen LogP contribution in [0.4, 0.5) is 5.69 Å². The molecule has 0 heterocycles. The van der Waals surface area contributed by atoms with Crippen LogP contribution in [0.2, 0.25) is 5.02 Å². The predicted molar refractivity (Wildman–Crippen MR) is 171 cm³/mol. The van der Waals surface area contributed by atoms with E-state index in [9.17, 15) is 18.0 Å². The maximum atomic E-state index is 14.3. The van der Waals surface area contributed by atoms with Crippen molar-refractivity contribution in [2.75, 3.05) is 23.7 Å². The summed E-state index contributed by atoms with van der Waals surface area (Å²) in [6.45, 7) is 1.88. The van der Waals surface area contributed by atoms with Gasteiger partial charge in [0.2, 0.25) is 21.8 Å². The van der Waals surface area contributed by atoms with Gasteiger partial charge >= 0.3 is 0 Å². The van der Waals surface area contributed by atoms with E-state index >= 15 is 0 Å². The lowest BCUT2D eigenvalue weighted by Crippen LogP contribution is -2.55. The Labute approximate surface area is 260 Å². The van der Waals surface area contributed by atoms with Gasteiger partial charge in [0.25, 0.3) is 0 Å². The van der Waals surface area contributed by atoms with Gasteiger partial charge in [-0.15, -0.1) is 0 Å². The standard InChI is InChI=1S/C33H40ClN3O5S/c1-3-42-29-20-18-28(19-21-29)37(43(2,40)41)24-32(38)36(23-26-14-10-11-17-30(26)34)31(22-25-12-6-4-7-13-25)33(39)35-27-15-8-5-9-16-27/h4,6-7,10-14,17-21,27,31H,3,5,8-9,15-16,22-24H2,1-2H3,(H,35,39)/t31-/m1/s1. The molecule has 0 saturated heterocycles. The van der Waals surface area contributed by atoms with Crippen molar-refractivity contribution in [1.29, 1.82) is 0 Å². The maximum absolute atomic E-state index is 14.3. The van der Waals surface area contributed by atoms with Crippen molar-refractivity contribution in [3.05, 3.63) is 95.0 Å². The molecule has 1 fully saturated rings. The predicted octanol–water partition coefficient (Wildman–Crippen LogP) is 5.59. The Bertz CT molecular complexity index is 1460. The van der Waals surface area contributed by atoms with Crippen LogP contribution in [0, 0.1) is 0 Å². The van der Waals surface area contributed by atoms with Crippen molar-refractivity contribution >= 4 is 39.1 Å². The summed E-state index contributed by atoms with van der Waals surface area (Å²) in [5.74, 6) is -0.184. The quantitative estimate of drug-likeness (QED) is 0.267. The molecule has 43 heavy (non-hydrogen) atoms. The number of sulfonamides is 1. The molecule has 1 aliphatic carbocycles. The number of carbonyl (C=O) groups is 2. The van der Waals surface area contributed by atoms with Crippen LogP contribution in [0.5, 0.6) is 5.75 Å². The summed E-state index contributed by atoms with van der Waals surface area (Å²) < 4.78 is 32.5. The Kier molecular flexibility index (Phi) is 11.5. The first-order chi connectivity index (χ1) is 20.7. The molecule has 0 aromatic heterocycles. The largest absolute Gasteiger partial charge is 0.494 e. The molecule has 10 heteroatoms. The summed E-state index contributed by atoms with van der Waals surface area (Å²) in [7, 11) is -3.86. The van der Waals surface area contributed by atoms with Gasteiger partial charge in [0.15, 0.2) is 0 Å². The highest BCUT2D eigenvalue weighted by molar-refractivity contribution is 7.92. The van der Waals surface area contributed by atoms with Crippen molar-refractivity contribution in [1.82, 2.24) is 10.2 Å². The van der Waals surface area contributed by atoms with Gasteiger partial charge in [0.1, 0.15) is 18.3 Å². The molecule has 0 bridgehead atoms. The van der Waals surface area contributed by atoms with Crippen molar-refractivity contribution < 1.29 is 22.7 Å². The minimum Gasteiger partial charge on any atom is -0.494 e. The van der Waals surface area contributed by atoms with Gasteiger partial charge in [-0.25, -0.2) is 8.42 Å². The molecule has 0 unspecified atom stereocenters. The van der Waals surface area contributed by atoms with Crippen LogP contribution in [0.15, 0.2) is 78.9 Å². The Morgan fingerprint density at radius 1 is 0.953 bits per heavy atom. The lowest BCUT2D eigenvalue weighted by Gasteiger charge is -2.35. The van der Waals surface area contributed by atoms with E-state index in [1.165, 1.54) is 4.90 Å². The van der Waals surface area contributed by atoms with E-state index in [0.29, 0.717) is 28.6 Å². The lowest BCUT2D eigenvalue weighted by atomic mass is 9.94. The Morgan fingerprint density at radius 3 is 2.23 bits per heavy atom. The minimum atomic E-state index is -3.86. The Morgan fingerprint density at radius 2 is 1.60 bits per heavy atom.